The summed E-state index contributed by atoms with van der Waals surface area (Å²) in [6, 6.07) is 5.53. The zero-order valence-corrected chi connectivity index (χ0v) is 12.2. The van der Waals surface area contributed by atoms with E-state index >= 15 is 0 Å². The largest absolute Gasteiger partial charge is 0.399 e. The van der Waals surface area contributed by atoms with E-state index in [0.29, 0.717) is 22.5 Å². The van der Waals surface area contributed by atoms with Crippen LogP contribution in [0.3, 0.4) is 0 Å². The van der Waals surface area contributed by atoms with E-state index in [1.807, 2.05) is 10.7 Å². The van der Waals surface area contributed by atoms with Gasteiger partial charge in [0, 0.05) is 17.9 Å². The number of anilines is 1. The summed E-state index contributed by atoms with van der Waals surface area (Å²) >= 11 is 6.28. The van der Waals surface area contributed by atoms with Crippen LogP contribution in [0.5, 0.6) is 0 Å². The summed E-state index contributed by atoms with van der Waals surface area (Å²) in [4.78, 5) is 0. The highest BCUT2D eigenvalue weighted by Crippen LogP contribution is 2.44. The molecule has 2 unspecified atom stereocenters. The van der Waals surface area contributed by atoms with E-state index in [-0.39, 0.29) is 12.1 Å². The molecule has 0 bridgehead atoms. The zero-order valence-electron chi connectivity index (χ0n) is 11.4. The number of ether oxygens (including phenoxy) is 1. The van der Waals surface area contributed by atoms with Crippen molar-refractivity contribution in [3.05, 3.63) is 23.2 Å². The molecule has 0 spiro atoms. The van der Waals surface area contributed by atoms with Crippen LogP contribution in [0, 0.1) is 5.92 Å². The molecule has 4 rings (SSSR count). The van der Waals surface area contributed by atoms with Crippen molar-refractivity contribution in [1.82, 2.24) is 20.2 Å². The smallest absolute Gasteiger partial charge is 0.183 e. The number of aromatic nitrogens is 4. The molecule has 2 N–H and O–H groups in total. The van der Waals surface area contributed by atoms with Crippen LogP contribution >= 0.6 is 11.6 Å². The van der Waals surface area contributed by atoms with E-state index in [1.165, 1.54) is 12.8 Å². The molecule has 2 aliphatic rings. The van der Waals surface area contributed by atoms with E-state index < -0.39 is 0 Å². The van der Waals surface area contributed by atoms with Crippen molar-refractivity contribution >= 4 is 17.3 Å². The molecule has 1 aromatic carbocycles. The van der Waals surface area contributed by atoms with Crippen LogP contribution in [0.4, 0.5) is 5.69 Å². The Morgan fingerprint density at radius 2 is 2.14 bits per heavy atom. The van der Waals surface area contributed by atoms with Crippen LogP contribution in [-0.2, 0) is 4.74 Å². The highest BCUT2D eigenvalue weighted by Gasteiger charge is 2.43. The molecule has 1 saturated heterocycles. The summed E-state index contributed by atoms with van der Waals surface area (Å²) in [5, 5.41) is 12.8. The number of halogens is 1. The fourth-order valence-electron chi connectivity index (χ4n) is 3.05. The molecule has 7 heteroatoms. The lowest BCUT2D eigenvalue weighted by Gasteiger charge is -2.19. The molecule has 2 atom stereocenters. The maximum Gasteiger partial charge on any atom is 0.183 e. The topological polar surface area (TPSA) is 78.9 Å². The maximum absolute atomic E-state index is 6.28. The number of nitrogen functional groups attached to an aromatic ring is 1. The minimum atomic E-state index is 0.181. The van der Waals surface area contributed by atoms with Gasteiger partial charge in [0.2, 0.25) is 0 Å². The fourth-order valence-corrected chi connectivity index (χ4v) is 3.25. The number of nitrogens with zero attached hydrogens (tertiary/aromatic N) is 4. The second-order valence-electron chi connectivity index (χ2n) is 5.72. The molecule has 6 nitrogen and oxygen atoms in total. The molecule has 2 aromatic rings. The summed E-state index contributed by atoms with van der Waals surface area (Å²) in [5.41, 5.74) is 7.27. The van der Waals surface area contributed by atoms with E-state index in [1.54, 1.807) is 12.1 Å². The average molecular weight is 306 g/mol. The van der Waals surface area contributed by atoms with Crippen LogP contribution in [0.2, 0.25) is 5.02 Å². The molecule has 110 valence electrons. The Labute approximate surface area is 127 Å². The molecule has 2 fully saturated rings. The standard InChI is InChI=1S/C14H16ClN5O/c15-11-4-3-9(16)7-10(11)14-17-18-19-20(14)12-5-6-21-13(12)8-1-2-8/h3-4,7-8,12-13H,1-2,5-6,16H2. The summed E-state index contributed by atoms with van der Waals surface area (Å²) in [6.07, 6.45) is 3.61. The third-order valence-electron chi connectivity index (χ3n) is 4.23. The first-order valence-electron chi connectivity index (χ1n) is 7.19. The molecular formula is C14H16ClN5O. The van der Waals surface area contributed by atoms with Crippen molar-refractivity contribution in [2.24, 2.45) is 5.92 Å². The fraction of sp³-hybridized carbons (Fsp3) is 0.500. The van der Waals surface area contributed by atoms with Gasteiger partial charge in [-0.25, -0.2) is 4.68 Å². The Morgan fingerprint density at radius 1 is 1.29 bits per heavy atom. The van der Waals surface area contributed by atoms with E-state index in [9.17, 15) is 0 Å². The van der Waals surface area contributed by atoms with E-state index in [0.717, 1.165) is 18.6 Å². The summed E-state index contributed by atoms with van der Waals surface area (Å²) in [7, 11) is 0. The number of rotatable bonds is 3. The lowest BCUT2D eigenvalue weighted by Crippen LogP contribution is -2.24. The lowest BCUT2D eigenvalue weighted by atomic mass is 10.1. The Balaban J connectivity index is 1.75. The lowest BCUT2D eigenvalue weighted by molar-refractivity contribution is 0.0725. The predicted octanol–water partition coefficient (Wildman–Crippen LogP) is 2.32. The van der Waals surface area contributed by atoms with Crippen LogP contribution < -0.4 is 5.73 Å². The quantitative estimate of drug-likeness (QED) is 0.880. The second kappa shape index (κ2) is 4.96. The minimum absolute atomic E-state index is 0.181. The Bertz CT molecular complexity index is 669. The SMILES string of the molecule is Nc1ccc(Cl)c(-c2nnnn2C2CCOC2C2CC2)c1. The highest BCUT2D eigenvalue weighted by molar-refractivity contribution is 6.33. The summed E-state index contributed by atoms with van der Waals surface area (Å²) < 4.78 is 7.74. The van der Waals surface area contributed by atoms with Crippen molar-refractivity contribution in [3.8, 4) is 11.4 Å². The number of benzene rings is 1. The van der Waals surface area contributed by atoms with Crippen molar-refractivity contribution in [2.75, 3.05) is 12.3 Å². The van der Waals surface area contributed by atoms with Crippen molar-refractivity contribution < 1.29 is 4.74 Å². The Morgan fingerprint density at radius 3 is 2.95 bits per heavy atom. The van der Waals surface area contributed by atoms with E-state index in [2.05, 4.69) is 15.5 Å². The first-order valence-corrected chi connectivity index (χ1v) is 7.56. The van der Waals surface area contributed by atoms with Crippen LogP contribution in [0.15, 0.2) is 18.2 Å². The third kappa shape index (κ3) is 2.28. The van der Waals surface area contributed by atoms with Crippen LogP contribution in [-0.4, -0.2) is 32.9 Å². The molecule has 1 aliphatic carbocycles. The van der Waals surface area contributed by atoms with Crippen molar-refractivity contribution in [1.29, 1.82) is 0 Å². The highest BCUT2D eigenvalue weighted by atomic mass is 35.5. The molecule has 0 radical (unpaired) electrons. The first-order chi connectivity index (χ1) is 10.2. The predicted molar refractivity (Wildman–Crippen MR) is 78.8 cm³/mol. The molecule has 1 aliphatic heterocycles. The zero-order chi connectivity index (χ0) is 14.4. The third-order valence-corrected chi connectivity index (χ3v) is 4.56. The molecule has 1 aromatic heterocycles. The van der Waals surface area contributed by atoms with Gasteiger partial charge >= 0.3 is 0 Å². The summed E-state index contributed by atoms with van der Waals surface area (Å²) in [5.74, 6) is 1.30. The van der Waals surface area contributed by atoms with Gasteiger partial charge < -0.3 is 10.5 Å². The monoisotopic (exact) mass is 305 g/mol. The van der Waals surface area contributed by atoms with E-state index in [4.69, 9.17) is 22.1 Å². The second-order valence-corrected chi connectivity index (χ2v) is 6.12. The van der Waals surface area contributed by atoms with Gasteiger partial charge in [0.05, 0.1) is 17.2 Å². The molecular weight excluding hydrogens is 290 g/mol. The first kappa shape index (κ1) is 13.0. The van der Waals surface area contributed by atoms with Gasteiger partial charge in [0.25, 0.3) is 0 Å². The van der Waals surface area contributed by atoms with Crippen LogP contribution in [0.25, 0.3) is 11.4 Å². The van der Waals surface area contributed by atoms with Gasteiger partial charge in [-0.2, -0.15) is 0 Å². The van der Waals surface area contributed by atoms with Gasteiger partial charge in [-0.05, 0) is 53.8 Å². The Hall–Kier alpha value is -1.66. The van der Waals surface area contributed by atoms with Crippen molar-refractivity contribution in [2.45, 2.75) is 31.4 Å². The van der Waals surface area contributed by atoms with Gasteiger partial charge in [0.1, 0.15) is 0 Å². The number of nitrogens with two attached hydrogens (primary N) is 1. The normalized spacial score (nSPS) is 25.4. The van der Waals surface area contributed by atoms with Crippen molar-refractivity contribution in [3.63, 3.8) is 0 Å². The number of hydrogen-bond acceptors (Lipinski definition) is 5. The molecule has 1 saturated carbocycles. The maximum atomic E-state index is 6.28. The minimum Gasteiger partial charge on any atom is -0.399 e. The van der Waals surface area contributed by atoms with Crippen LogP contribution in [0.1, 0.15) is 25.3 Å². The van der Waals surface area contributed by atoms with Gasteiger partial charge in [-0.15, -0.1) is 5.10 Å². The van der Waals surface area contributed by atoms with Gasteiger partial charge in [-0.3, -0.25) is 0 Å². The number of tetrazole rings is 1. The van der Waals surface area contributed by atoms with Gasteiger partial charge in [0.15, 0.2) is 5.82 Å². The molecule has 21 heavy (non-hydrogen) atoms. The van der Waals surface area contributed by atoms with Gasteiger partial charge in [-0.1, -0.05) is 11.6 Å². The summed E-state index contributed by atoms with van der Waals surface area (Å²) in [6.45, 7) is 0.760. The number of hydrogen-bond donors (Lipinski definition) is 1. The average Bonchev–Trinajstić information content (AvgIpc) is 3.02. The molecule has 2 heterocycles. The molecule has 0 amide bonds. The Kier molecular flexibility index (Phi) is 3.08.